The zero-order valence-corrected chi connectivity index (χ0v) is 22.9. The standard InChI is InChI=1S/C29H30F2N10O/c30-20-4-5-23-35-16-22(41(23)17-20)28-37-27(19-7-10-34-24(15-19)39-13-2-9-33-11-14-39)26(31)29(38-28)36-21-3-1-12-40(18-21)25(42)6-8-32/h4-5,7,10,15-17,21,33H,1-3,6,9,11-14,18H2,(H,36,37,38)/t21-/m1/s1. The number of aromatic nitrogens is 5. The van der Waals surface area contributed by atoms with Gasteiger partial charge in [-0.15, -0.1) is 0 Å². The summed E-state index contributed by atoms with van der Waals surface area (Å²) in [5, 5.41) is 15.5. The van der Waals surface area contributed by atoms with Crippen LogP contribution in [-0.2, 0) is 4.79 Å². The molecule has 6 rings (SSSR count). The molecule has 0 bridgehead atoms. The van der Waals surface area contributed by atoms with E-state index in [2.05, 4.69) is 35.5 Å². The minimum atomic E-state index is -0.645. The first-order valence-electron chi connectivity index (χ1n) is 14.0. The van der Waals surface area contributed by atoms with Crippen LogP contribution in [-0.4, -0.2) is 80.5 Å². The maximum absolute atomic E-state index is 16.3. The Kier molecular flexibility index (Phi) is 7.87. The summed E-state index contributed by atoms with van der Waals surface area (Å²) >= 11 is 0. The summed E-state index contributed by atoms with van der Waals surface area (Å²) in [6.07, 6.45) is 6.60. The molecule has 0 spiro atoms. The molecule has 2 saturated heterocycles. The second-order valence-corrected chi connectivity index (χ2v) is 10.4. The van der Waals surface area contributed by atoms with Gasteiger partial charge in [0.1, 0.15) is 35.1 Å². The quantitative estimate of drug-likeness (QED) is 0.358. The number of carbonyl (C=O) groups is 1. The molecule has 2 N–H and O–H groups in total. The third-order valence-electron chi connectivity index (χ3n) is 7.58. The van der Waals surface area contributed by atoms with Gasteiger partial charge in [-0.05, 0) is 50.1 Å². The number of pyridine rings is 2. The Balaban J connectivity index is 1.41. The molecule has 0 aromatic carbocycles. The average molecular weight is 573 g/mol. The van der Waals surface area contributed by atoms with Crippen molar-refractivity contribution in [3.05, 3.63) is 54.5 Å². The van der Waals surface area contributed by atoms with E-state index in [0.29, 0.717) is 42.8 Å². The SMILES string of the molecule is N#CCC(=O)N1CCC[C@@H](Nc2nc(-c3cnc4ccc(F)cn34)nc(-c3ccnc(N4CCCNCC4)c3)c2F)C1. The van der Waals surface area contributed by atoms with Gasteiger partial charge in [-0.2, -0.15) is 5.26 Å². The van der Waals surface area contributed by atoms with E-state index >= 15 is 4.39 Å². The number of halogens is 2. The van der Waals surface area contributed by atoms with Gasteiger partial charge >= 0.3 is 0 Å². The molecule has 0 saturated carbocycles. The van der Waals surface area contributed by atoms with Crippen LogP contribution in [0.25, 0.3) is 28.4 Å². The topological polar surface area (TPSA) is 127 Å². The normalized spacial score (nSPS) is 17.6. The lowest BCUT2D eigenvalue weighted by Crippen LogP contribution is -2.45. The van der Waals surface area contributed by atoms with Gasteiger partial charge < -0.3 is 20.4 Å². The van der Waals surface area contributed by atoms with Crippen molar-refractivity contribution in [1.29, 1.82) is 5.26 Å². The average Bonchev–Trinajstić information content (AvgIpc) is 3.22. The molecular weight excluding hydrogens is 542 g/mol. The number of rotatable bonds is 6. The van der Waals surface area contributed by atoms with Crippen molar-refractivity contribution < 1.29 is 13.6 Å². The summed E-state index contributed by atoms with van der Waals surface area (Å²) in [6.45, 7) is 4.21. The Bertz CT molecular complexity index is 1640. The zero-order chi connectivity index (χ0) is 29.1. The number of carbonyl (C=O) groups excluding carboxylic acids is 1. The molecule has 0 radical (unpaired) electrons. The van der Waals surface area contributed by atoms with Crippen molar-refractivity contribution >= 4 is 23.2 Å². The number of nitriles is 1. The fourth-order valence-corrected chi connectivity index (χ4v) is 5.48. The highest BCUT2D eigenvalue weighted by Crippen LogP contribution is 2.31. The Morgan fingerprint density at radius 2 is 2.02 bits per heavy atom. The van der Waals surface area contributed by atoms with E-state index in [1.807, 2.05) is 12.1 Å². The van der Waals surface area contributed by atoms with Gasteiger partial charge in [0.15, 0.2) is 17.5 Å². The van der Waals surface area contributed by atoms with Crippen LogP contribution in [0.1, 0.15) is 25.7 Å². The molecule has 13 heteroatoms. The first kappa shape index (κ1) is 27.5. The van der Waals surface area contributed by atoms with Crippen LogP contribution >= 0.6 is 0 Å². The largest absolute Gasteiger partial charge is 0.363 e. The number of amides is 1. The van der Waals surface area contributed by atoms with Crippen molar-refractivity contribution in [2.75, 3.05) is 49.5 Å². The molecule has 1 atom stereocenters. The van der Waals surface area contributed by atoms with Gasteiger partial charge in [0, 0.05) is 56.7 Å². The van der Waals surface area contributed by atoms with Gasteiger partial charge in [0.2, 0.25) is 5.91 Å². The molecule has 4 aromatic heterocycles. The van der Waals surface area contributed by atoms with Crippen molar-refractivity contribution in [1.82, 2.24) is 34.6 Å². The van der Waals surface area contributed by atoms with E-state index in [4.69, 9.17) is 5.26 Å². The highest BCUT2D eigenvalue weighted by molar-refractivity contribution is 5.78. The smallest absolute Gasteiger partial charge is 0.236 e. The first-order chi connectivity index (χ1) is 20.5. The van der Waals surface area contributed by atoms with Crippen LogP contribution in [0.15, 0.2) is 42.9 Å². The minimum Gasteiger partial charge on any atom is -0.363 e. The van der Waals surface area contributed by atoms with Crippen LogP contribution in [0.5, 0.6) is 0 Å². The summed E-state index contributed by atoms with van der Waals surface area (Å²) in [4.78, 5) is 34.2. The summed E-state index contributed by atoms with van der Waals surface area (Å²) in [5.41, 5.74) is 1.49. The molecule has 1 amide bonds. The molecule has 2 aliphatic rings. The third kappa shape index (κ3) is 5.71. The fourth-order valence-electron chi connectivity index (χ4n) is 5.48. The van der Waals surface area contributed by atoms with E-state index in [9.17, 15) is 9.18 Å². The number of nitrogens with zero attached hydrogens (tertiary/aromatic N) is 8. The van der Waals surface area contributed by atoms with Crippen LogP contribution in [0.4, 0.5) is 20.4 Å². The maximum Gasteiger partial charge on any atom is 0.236 e. The fraction of sp³-hybridized carbons (Fsp3) is 0.379. The molecule has 2 aliphatic heterocycles. The Morgan fingerprint density at radius 3 is 2.90 bits per heavy atom. The minimum absolute atomic E-state index is 0.0294. The molecule has 2 fully saturated rings. The predicted molar refractivity (Wildman–Crippen MR) is 153 cm³/mol. The van der Waals surface area contributed by atoms with Gasteiger partial charge in [0.05, 0.1) is 12.3 Å². The van der Waals surface area contributed by atoms with Crippen molar-refractivity contribution in [2.45, 2.75) is 31.7 Å². The number of hydrogen-bond donors (Lipinski definition) is 2. The summed E-state index contributed by atoms with van der Waals surface area (Å²) in [5.74, 6) is -0.502. The van der Waals surface area contributed by atoms with E-state index in [1.165, 1.54) is 22.9 Å². The Morgan fingerprint density at radius 1 is 1.12 bits per heavy atom. The lowest BCUT2D eigenvalue weighted by molar-refractivity contribution is -0.131. The lowest BCUT2D eigenvalue weighted by atomic mass is 10.0. The van der Waals surface area contributed by atoms with Gasteiger partial charge in [0.25, 0.3) is 0 Å². The molecule has 4 aromatic rings. The van der Waals surface area contributed by atoms with Crippen LogP contribution in [0, 0.1) is 23.0 Å². The first-order valence-corrected chi connectivity index (χ1v) is 14.0. The number of imidazole rings is 1. The summed E-state index contributed by atoms with van der Waals surface area (Å²) in [7, 11) is 0. The van der Waals surface area contributed by atoms with Crippen molar-refractivity contribution in [2.24, 2.45) is 0 Å². The van der Waals surface area contributed by atoms with Gasteiger partial charge in [-0.3, -0.25) is 9.20 Å². The van der Waals surface area contributed by atoms with Crippen LogP contribution < -0.4 is 15.5 Å². The van der Waals surface area contributed by atoms with Crippen molar-refractivity contribution in [3.8, 4) is 28.8 Å². The number of anilines is 2. The highest BCUT2D eigenvalue weighted by atomic mass is 19.1. The number of nitrogens with one attached hydrogen (secondary N) is 2. The van der Waals surface area contributed by atoms with Gasteiger partial charge in [-0.25, -0.2) is 28.7 Å². The molecule has 11 nitrogen and oxygen atoms in total. The summed E-state index contributed by atoms with van der Waals surface area (Å²) < 4.78 is 32.0. The molecule has 216 valence electrons. The molecule has 0 unspecified atom stereocenters. The van der Waals surface area contributed by atoms with E-state index < -0.39 is 11.6 Å². The van der Waals surface area contributed by atoms with Crippen LogP contribution in [0.3, 0.4) is 0 Å². The summed E-state index contributed by atoms with van der Waals surface area (Å²) in [6, 6.07) is 7.99. The Hall–Kier alpha value is -4.70. The second-order valence-electron chi connectivity index (χ2n) is 10.4. The molecule has 42 heavy (non-hydrogen) atoms. The molecule has 0 aliphatic carbocycles. The molecule has 6 heterocycles. The number of piperidine rings is 1. The number of fused-ring (bicyclic) bond motifs is 1. The van der Waals surface area contributed by atoms with E-state index in [0.717, 1.165) is 38.4 Å². The lowest BCUT2D eigenvalue weighted by Gasteiger charge is -2.33. The molecular formula is C29H30F2N10O. The predicted octanol–water partition coefficient (Wildman–Crippen LogP) is 3.25. The van der Waals surface area contributed by atoms with E-state index in [1.54, 1.807) is 23.2 Å². The Labute approximate surface area is 241 Å². The van der Waals surface area contributed by atoms with Crippen molar-refractivity contribution in [3.63, 3.8) is 0 Å². The number of hydrogen-bond acceptors (Lipinski definition) is 9. The second kappa shape index (κ2) is 12.0. The third-order valence-corrected chi connectivity index (χ3v) is 7.58. The zero-order valence-electron chi connectivity index (χ0n) is 22.9. The maximum atomic E-state index is 16.3. The van der Waals surface area contributed by atoms with E-state index in [-0.39, 0.29) is 35.7 Å². The highest BCUT2D eigenvalue weighted by Gasteiger charge is 2.27. The van der Waals surface area contributed by atoms with Crippen LogP contribution in [0.2, 0.25) is 0 Å². The number of likely N-dealkylation sites (tertiary alicyclic amines) is 1. The monoisotopic (exact) mass is 572 g/mol. The van der Waals surface area contributed by atoms with Gasteiger partial charge in [-0.1, -0.05) is 0 Å².